The van der Waals surface area contributed by atoms with Gasteiger partial charge in [-0.05, 0) is 54.6 Å². The van der Waals surface area contributed by atoms with Crippen molar-refractivity contribution in [1.29, 1.82) is 0 Å². The number of amides is 1. The molecule has 2 aromatic carbocycles. The van der Waals surface area contributed by atoms with Gasteiger partial charge in [0, 0.05) is 23.7 Å². The minimum Gasteiger partial charge on any atom is -0.496 e. The van der Waals surface area contributed by atoms with Gasteiger partial charge in [-0.15, -0.1) is 0 Å². The van der Waals surface area contributed by atoms with Crippen LogP contribution in [0.1, 0.15) is 60.0 Å². The number of fused-ring (bicyclic) bond motifs is 1. The maximum Gasteiger partial charge on any atom is 0.224 e. The van der Waals surface area contributed by atoms with Crippen LogP contribution in [-0.2, 0) is 11.2 Å². The average Bonchev–Trinajstić information content (AvgIpc) is 2.73. The second kappa shape index (κ2) is 7.71. The summed E-state index contributed by atoms with van der Waals surface area (Å²) in [6.07, 6.45) is 4.83. The van der Waals surface area contributed by atoms with Gasteiger partial charge in [-0.3, -0.25) is 4.79 Å². The minimum atomic E-state index is -0.316. The molecule has 4 rings (SSSR count). The van der Waals surface area contributed by atoms with E-state index < -0.39 is 0 Å². The van der Waals surface area contributed by atoms with Crippen molar-refractivity contribution >= 4 is 11.6 Å². The first-order chi connectivity index (χ1) is 13.2. The summed E-state index contributed by atoms with van der Waals surface area (Å²) in [4.78, 5) is 11.8. The van der Waals surface area contributed by atoms with Crippen LogP contribution in [0.15, 0.2) is 36.4 Å². The number of ether oxygens (including phenoxy) is 1. The molecule has 0 spiro atoms. The van der Waals surface area contributed by atoms with Gasteiger partial charge < -0.3 is 21.1 Å². The Balaban J connectivity index is 1.74. The number of carbonyl (C=O) groups excluding carboxylic acids is 1. The van der Waals surface area contributed by atoms with Crippen LogP contribution in [0.2, 0.25) is 0 Å². The van der Waals surface area contributed by atoms with Gasteiger partial charge in [-0.2, -0.15) is 0 Å². The summed E-state index contributed by atoms with van der Waals surface area (Å²) in [5.41, 5.74) is 12.0. The number of rotatable bonds is 4. The van der Waals surface area contributed by atoms with Crippen molar-refractivity contribution in [2.75, 3.05) is 19.0 Å². The van der Waals surface area contributed by atoms with Crippen molar-refractivity contribution in [3.8, 4) is 5.75 Å². The van der Waals surface area contributed by atoms with E-state index in [0.717, 1.165) is 47.5 Å². The van der Waals surface area contributed by atoms with Gasteiger partial charge in [0.25, 0.3) is 0 Å². The van der Waals surface area contributed by atoms with Crippen LogP contribution in [0, 0.1) is 0 Å². The second-order valence-electron chi connectivity index (χ2n) is 7.41. The van der Waals surface area contributed by atoms with Crippen LogP contribution in [0.4, 0.5) is 5.69 Å². The lowest BCUT2D eigenvalue weighted by molar-refractivity contribution is -0.116. The van der Waals surface area contributed by atoms with Crippen molar-refractivity contribution in [1.82, 2.24) is 5.32 Å². The van der Waals surface area contributed by atoms with E-state index in [2.05, 4.69) is 28.8 Å². The smallest absolute Gasteiger partial charge is 0.224 e. The Morgan fingerprint density at radius 2 is 2.00 bits per heavy atom. The fraction of sp³-hybridized carbons (Fsp3) is 0.409. The molecule has 1 unspecified atom stereocenters. The molecule has 2 heterocycles. The van der Waals surface area contributed by atoms with Gasteiger partial charge in [0.2, 0.25) is 5.91 Å². The number of methoxy groups -OCH3 is 1. The van der Waals surface area contributed by atoms with Crippen molar-refractivity contribution in [2.45, 2.75) is 44.2 Å². The molecule has 1 amide bonds. The summed E-state index contributed by atoms with van der Waals surface area (Å²) in [5.74, 6) is 0.836. The number of carbonyl (C=O) groups is 1. The van der Waals surface area contributed by atoms with E-state index in [1.54, 1.807) is 7.11 Å². The fourth-order valence-corrected chi connectivity index (χ4v) is 4.24. The molecule has 2 aliphatic heterocycles. The summed E-state index contributed by atoms with van der Waals surface area (Å²) in [6.45, 7) is 1.04. The number of nitrogens with one attached hydrogen (secondary N) is 2. The van der Waals surface area contributed by atoms with Crippen molar-refractivity contribution in [2.24, 2.45) is 5.73 Å². The standard InChI is InChI=1S/C22H27N3O2/c1-27-20-12-14-9-10-21(26)25-19(14)13-17(20)22(23)16-7-3-2-6-15(16)18-8-4-5-11-24-18/h2-3,6-7,12-13,18,22,24H,4-5,8-11,23H2,1H3,(H,25,26)/t18-,22?/m1/s1. The highest BCUT2D eigenvalue weighted by Crippen LogP contribution is 2.38. The summed E-state index contributed by atoms with van der Waals surface area (Å²) in [7, 11) is 1.67. The van der Waals surface area contributed by atoms with E-state index in [9.17, 15) is 4.79 Å². The third kappa shape index (κ3) is 3.57. The highest BCUT2D eigenvalue weighted by molar-refractivity contribution is 5.94. The summed E-state index contributed by atoms with van der Waals surface area (Å²) < 4.78 is 5.66. The average molecular weight is 365 g/mol. The lowest BCUT2D eigenvalue weighted by Gasteiger charge is -2.29. The Hall–Kier alpha value is -2.37. The van der Waals surface area contributed by atoms with Crippen LogP contribution in [0.25, 0.3) is 0 Å². The first-order valence-corrected chi connectivity index (χ1v) is 9.76. The van der Waals surface area contributed by atoms with E-state index in [1.165, 1.54) is 18.4 Å². The molecule has 2 aliphatic rings. The predicted molar refractivity (Wildman–Crippen MR) is 107 cm³/mol. The van der Waals surface area contributed by atoms with Gasteiger partial charge in [0.15, 0.2) is 0 Å². The Morgan fingerprint density at radius 1 is 1.15 bits per heavy atom. The Morgan fingerprint density at radius 3 is 2.78 bits per heavy atom. The van der Waals surface area contributed by atoms with Gasteiger partial charge in [-0.25, -0.2) is 0 Å². The zero-order chi connectivity index (χ0) is 18.8. The number of hydrogen-bond acceptors (Lipinski definition) is 4. The molecule has 142 valence electrons. The number of nitrogens with two attached hydrogens (primary N) is 1. The molecule has 2 aromatic rings. The van der Waals surface area contributed by atoms with E-state index in [0.29, 0.717) is 12.5 Å². The summed E-state index contributed by atoms with van der Waals surface area (Å²) >= 11 is 0. The summed E-state index contributed by atoms with van der Waals surface area (Å²) in [5, 5.41) is 6.60. The molecule has 0 aromatic heterocycles. The number of aryl methyl sites for hydroxylation is 1. The molecule has 1 saturated heterocycles. The van der Waals surface area contributed by atoms with Gasteiger partial charge in [0.1, 0.15) is 5.75 Å². The first-order valence-electron chi connectivity index (χ1n) is 9.76. The molecule has 27 heavy (non-hydrogen) atoms. The van der Waals surface area contributed by atoms with E-state index in [1.807, 2.05) is 18.2 Å². The van der Waals surface area contributed by atoms with Gasteiger partial charge >= 0.3 is 0 Å². The van der Waals surface area contributed by atoms with Crippen LogP contribution in [-0.4, -0.2) is 19.6 Å². The zero-order valence-corrected chi connectivity index (χ0v) is 15.8. The molecular formula is C22H27N3O2. The molecule has 5 nitrogen and oxygen atoms in total. The molecule has 0 radical (unpaired) electrons. The molecule has 0 saturated carbocycles. The monoisotopic (exact) mass is 365 g/mol. The maximum atomic E-state index is 11.8. The number of anilines is 1. The molecule has 1 fully saturated rings. The van der Waals surface area contributed by atoms with E-state index in [4.69, 9.17) is 10.5 Å². The van der Waals surface area contributed by atoms with Crippen molar-refractivity contribution < 1.29 is 9.53 Å². The molecule has 5 heteroatoms. The SMILES string of the molecule is COc1cc2c(cc1C(N)c1ccccc1[C@H]1CCCCN1)NC(=O)CC2. The van der Waals surface area contributed by atoms with Crippen LogP contribution in [0.3, 0.4) is 0 Å². The number of piperidine rings is 1. The Kier molecular flexibility index (Phi) is 5.14. The van der Waals surface area contributed by atoms with E-state index >= 15 is 0 Å². The van der Waals surface area contributed by atoms with Gasteiger partial charge in [0.05, 0.1) is 13.2 Å². The third-order valence-electron chi connectivity index (χ3n) is 5.70. The highest BCUT2D eigenvalue weighted by atomic mass is 16.5. The van der Waals surface area contributed by atoms with Crippen LogP contribution in [0.5, 0.6) is 5.75 Å². The minimum absolute atomic E-state index is 0.0546. The molecule has 4 N–H and O–H groups in total. The number of benzene rings is 2. The predicted octanol–water partition coefficient (Wildman–Crippen LogP) is 3.44. The number of hydrogen-bond donors (Lipinski definition) is 3. The molecule has 0 aliphatic carbocycles. The second-order valence-corrected chi connectivity index (χ2v) is 7.41. The van der Waals surface area contributed by atoms with Crippen molar-refractivity contribution in [3.05, 3.63) is 58.7 Å². The lowest BCUT2D eigenvalue weighted by Crippen LogP contribution is -2.29. The molecular weight excluding hydrogens is 338 g/mol. The summed E-state index contributed by atoms with van der Waals surface area (Å²) in [6, 6.07) is 12.4. The third-order valence-corrected chi connectivity index (χ3v) is 5.70. The van der Waals surface area contributed by atoms with Crippen LogP contribution >= 0.6 is 0 Å². The quantitative estimate of drug-likeness (QED) is 0.776. The zero-order valence-electron chi connectivity index (χ0n) is 15.8. The Bertz CT molecular complexity index is 843. The lowest BCUT2D eigenvalue weighted by atomic mass is 9.87. The molecule has 0 bridgehead atoms. The fourth-order valence-electron chi connectivity index (χ4n) is 4.24. The van der Waals surface area contributed by atoms with E-state index in [-0.39, 0.29) is 11.9 Å². The maximum absolute atomic E-state index is 11.8. The topological polar surface area (TPSA) is 76.4 Å². The van der Waals surface area contributed by atoms with Crippen molar-refractivity contribution in [3.63, 3.8) is 0 Å². The molecule has 2 atom stereocenters. The van der Waals surface area contributed by atoms with Gasteiger partial charge in [-0.1, -0.05) is 30.7 Å². The van der Waals surface area contributed by atoms with Crippen LogP contribution < -0.4 is 21.1 Å². The first kappa shape index (κ1) is 18.0. The normalized spacial score (nSPS) is 20.5. The largest absolute Gasteiger partial charge is 0.496 e. The Labute approximate surface area is 160 Å². The highest BCUT2D eigenvalue weighted by Gasteiger charge is 2.25.